The number of nitrogen functional groups attached to an aromatic ring is 1. The van der Waals surface area contributed by atoms with E-state index < -0.39 is 29.2 Å². The number of alkyl halides is 6. The monoisotopic (exact) mass is 313 g/mol. The molecule has 1 atom stereocenters. The van der Waals surface area contributed by atoms with Crippen LogP contribution in [0.3, 0.4) is 0 Å². The molecule has 8 heteroatoms. The molecule has 0 saturated heterocycles. The summed E-state index contributed by atoms with van der Waals surface area (Å²) in [6.45, 7) is 0. The van der Waals surface area contributed by atoms with Crippen LogP contribution in [0.2, 0.25) is 0 Å². The van der Waals surface area contributed by atoms with Crippen molar-refractivity contribution < 1.29 is 31.4 Å². The highest BCUT2D eigenvalue weighted by atomic mass is 19.4. The predicted molar refractivity (Wildman–Crippen MR) is 63.5 cm³/mol. The molecule has 1 aromatic rings. The third-order valence-corrected chi connectivity index (χ3v) is 3.71. The molecule has 1 aliphatic rings. The largest absolute Gasteiger partial charge is 0.455 e. The second kappa shape index (κ2) is 4.79. The van der Waals surface area contributed by atoms with Gasteiger partial charge in [-0.25, -0.2) is 0 Å². The first-order chi connectivity index (χ1) is 9.50. The van der Waals surface area contributed by atoms with Gasteiger partial charge in [-0.1, -0.05) is 12.1 Å². The number of fused-ring (bicyclic) bond motifs is 1. The minimum absolute atomic E-state index is 0.302. The van der Waals surface area contributed by atoms with Crippen molar-refractivity contribution in [2.75, 3.05) is 5.73 Å². The van der Waals surface area contributed by atoms with Gasteiger partial charge < -0.3 is 10.8 Å². The maximum Gasteiger partial charge on any atom is 0.455 e. The predicted octanol–water partition coefficient (Wildman–Crippen LogP) is 3.46. The molecule has 118 valence electrons. The highest BCUT2D eigenvalue weighted by Crippen LogP contribution is 2.51. The Labute approximate surface area is 116 Å². The summed E-state index contributed by atoms with van der Waals surface area (Å²) in [5, 5.41) is 8.66. The van der Waals surface area contributed by atoms with E-state index in [0.717, 1.165) is 6.42 Å². The lowest BCUT2D eigenvalue weighted by Crippen LogP contribution is -2.53. The molecule has 0 spiro atoms. The van der Waals surface area contributed by atoms with Crippen LogP contribution < -0.4 is 5.73 Å². The minimum atomic E-state index is -6.14. The van der Waals surface area contributed by atoms with Gasteiger partial charge in [-0.3, -0.25) is 0 Å². The van der Waals surface area contributed by atoms with E-state index in [1.165, 1.54) is 6.07 Å². The third kappa shape index (κ3) is 2.35. The maximum atomic E-state index is 13.8. The highest BCUT2D eigenvalue weighted by Gasteiger charge is 2.72. The Kier molecular flexibility index (Phi) is 3.64. The third-order valence-electron chi connectivity index (χ3n) is 3.71. The molecule has 0 radical (unpaired) electrons. The van der Waals surface area contributed by atoms with Crippen LogP contribution in [-0.2, 0) is 18.8 Å². The molecule has 1 unspecified atom stereocenters. The van der Waals surface area contributed by atoms with Crippen molar-refractivity contribution in [1.82, 2.24) is 0 Å². The lowest BCUT2D eigenvalue weighted by atomic mass is 9.86. The topological polar surface area (TPSA) is 46.2 Å². The minimum Gasteiger partial charge on any atom is -0.398 e. The van der Waals surface area contributed by atoms with Crippen LogP contribution in [0, 0.1) is 0 Å². The molecular formula is C13H13F6NO. The molecule has 1 aromatic carbocycles. The van der Waals surface area contributed by atoms with E-state index in [1.54, 1.807) is 0 Å². The maximum absolute atomic E-state index is 13.8. The van der Waals surface area contributed by atoms with Crippen LogP contribution in [0.15, 0.2) is 12.1 Å². The fourth-order valence-corrected chi connectivity index (χ4v) is 2.49. The lowest BCUT2D eigenvalue weighted by Gasteiger charge is -2.32. The van der Waals surface area contributed by atoms with E-state index in [0.29, 0.717) is 36.5 Å². The van der Waals surface area contributed by atoms with E-state index in [2.05, 4.69) is 0 Å². The Morgan fingerprint density at radius 1 is 0.952 bits per heavy atom. The summed E-state index contributed by atoms with van der Waals surface area (Å²) in [5.74, 6) is -10.9. The van der Waals surface area contributed by atoms with Gasteiger partial charge in [0.2, 0.25) is 0 Å². The van der Waals surface area contributed by atoms with Crippen molar-refractivity contribution >= 4 is 5.69 Å². The molecule has 1 aliphatic carbocycles. The molecule has 2 rings (SSSR count). The fraction of sp³-hybridized carbons (Fsp3) is 0.538. The Balaban J connectivity index is 2.56. The molecule has 0 aliphatic heterocycles. The van der Waals surface area contributed by atoms with Crippen molar-refractivity contribution in [2.24, 2.45) is 0 Å². The second-order valence-electron chi connectivity index (χ2n) is 5.07. The van der Waals surface area contributed by atoms with Gasteiger partial charge in [0.05, 0.1) is 5.56 Å². The van der Waals surface area contributed by atoms with E-state index in [9.17, 15) is 26.3 Å². The summed E-state index contributed by atoms with van der Waals surface area (Å²) >= 11 is 0. The number of halogens is 6. The molecule has 0 fully saturated rings. The van der Waals surface area contributed by atoms with Crippen LogP contribution in [0.1, 0.15) is 29.5 Å². The van der Waals surface area contributed by atoms with Gasteiger partial charge in [0.1, 0.15) is 0 Å². The highest BCUT2D eigenvalue weighted by molar-refractivity contribution is 5.60. The van der Waals surface area contributed by atoms with Crippen molar-refractivity contribution in [2.45, 2.75) is 43.6 Å². The van der Waals surface area contributed by atoms with E-state index in [4.69, 9.17) is 10.8 Å². The summed E-state index contributed by atoms with van der Waals surface area (Å²) in [5.41, 5.74) is 4.54. The molecule has 0 aromatic heterocycles. The Bertz CT molecular complexity index is 552. The zero-order valence-electron chi connectivity index (χ0n) is 10.8. The summed E-state index contributed by atoms with van der Waals surface area (Å²) < 4.78 is 78.0. The van der Waals surface area contributed by atoms with Crippen LogP contribution in [0.5, 0.6) is 0 Å². The normalized spacial score (nSPS) is 19.0. The first-order valence-electron chi connectivity index (χ1n) is 6.26. The van der Waals surface area contributed by atoms with Crippen LogP contribution in [-0.4, -0.2) is 17.1 Å². The van der Waals surface area contributed by atoms with E-state index >= 15 is 0 Å². The number of hydrogen-bond acceptors (Lipinski definition) is 2. The number of anilines is 1. The van der Waals surface area contributed by atoms with Crippen molar-refractivity contribution in [3.63, 3.8) is 0 Å². The summed E-state index contributed by atoms with van der Waals surface area (Å²) in [7, 11) is 0. The van der Waals surface area contributed by atoms with Gasteiger partial charge in [-0.15, -0.1) is 0 Å². The van der Waals surface area contributed by atoms with Crippen LogP contribution in [0.25, 0.3) is 0 Å². The zero-order valence-corrected chi connectivity index (χ0v) is 10.8. The molecule has 0 saturated carbocycles. The number of rotatable bonds is 2. The molecule has 21 heavy (non-hydrogen) atoms. The standard InChI is InChI=1S/C13H13F6NO/c14-11(15,12(16,21)13(17,18)19)9-6-5-7-3-1-2-4-8(7)10(9)20/h5-6,21H,1-4,20H2. The summed E-state index contributed by atoms with van der Waals surface area (Å²) in [4.78, 5) is 0. The van der Waals surface area contributed by atoms with Crippen LogP contribution in [0.4, 0.5) is 32.0 Å². The van der Waals surface area contributed by atoms with Gasteiger partial charge in [-0.2, -0.15) is 26.3 Å². The average Bonchev–Trinajstić information content (AvgIpc) is 2.37. The van der Waals surface area contributed by atoms with E-state index in [1.807, 2.05) is 0 Å². The number of aryl methyl sites for hydroxylation is 1. The molecular weight excluding hydrogens is 300 g/mol. The van der Waals surface area contributed by atoms with Crippen molar-refractivity contribution in [3.8, 4) is 0 Å². The molecule has 0 bridgehead atoms. The lowest BCUT2D eigenvalue weighted by molar-refractivity contribution is -0.390. The van der Waals surface area contributed by atoms with Gasteiger partial charge in [0, 0.05) is 5.69 Å². The SMILES string of the molecule is Nc1c(C(F)(F)C(O)(F)C(F)(F)F)ccc2c1CCCC2. The van der Waals surface area contributed by atoms with Crippen molar-refractivity contribution in [1.29, 1.82) is 0 Å². The number of benzene rings is 1. The number of aliphatic hydroxyl groups is 1. The fourth-order valence-electron chi connectivity index (χ4n) is 2.49. The number of nitrogens with two attached hydrogens (primary N) is 1. The molecule has 0 heterocycles. The van der Waals surface area contributed by atoms with Crippen molar-refractivity contribution in [3.05, 3.63) is 28.8 Å². The Hall–Kier alpha value is -1.44. The Morgan fingerprint density at radius 2 is 1.52 bits per heavy atom. The van der Waals surface area contributed by atoms with Gasteiger partial charge in [-0.05, 0) is 36.8 Å². The summed E-state index contributed by atoms with van der Waals surface area (Å²) in [6.07, 6.45) is -3.76. The average molecular weight is 313 g/mol. The molecule has 0 amide bonds. The molecule has 3 N–H and O–H groups in total. The zero-order chi connectivity index (χ0) is 16.1. The van der Waals surface area contributed by atoms with Gasteiger partial charge >= 0.3 is 18.0 Å². The smallest absolute Gasteiger partial charge is 0.398 e. The summed E-state index contributed by atoms with van der Waals surface area (Å²) in [6, 6.07) is 1.86. The quantitative estimate of drug-likeness (QED) is 0.649. The van der Waals surface area contributed by atoms with E-state index in [-0.39, 0.29) is 0 Å². The second-order valence-corrected chi connectivity index (χ2v) is 5.07. The van der Waals surface area contributed by atoms with Gasteiger partial charge in [0.15, 0.2) is 0 Å². The first-order valence-corrected chi connectivity index (χ1v) is 6.26. The number of hydrogen-bond donors (Lipinski definition) is 2. The van der Waals surface area contributed by atoms with Gasteiger partial charge in [0.25, 0.3) is 0 Å². The van der Waals surface area contributed by atoms with Crippen LogP contribution >= 0.6 is 0 Å². The first kappa shape index (κ1) is 15.9. The Morgan fingerprint density at radius 3 is 2.10 bits per heavy atom. The molecule has 2 nitrogen and oxygen atoms in total.